The Kier molecular flexibility index (Phi) is 8.58. The summed E-state index contributed by atoms with van der Waals surface area (Å²) in [5.74, 6) is 1.79. The van der Waals surface area contributed by atoms with E-state index in [1.54, 1.807) is 7.11 Å². The first-order valence-electron chi connectivity index (χ1n) is 10.2. The van der Waals surface area contributed by atoms with Crippen molar-refractivity contribution in [3.8, 4) is 5.75 Å². The number of amides is 1. The first-order valence-corrected chi connectivity index (χ1v) is 10.2. The SMILES string of the molecule is COc1ccc(C)cc1CN1CCN(CC(=O)N[C@H](C)CCC(C)C)CC1. The molecule has 152 valence electrons. The fraction of sp³-hybridized carbons (Fsp3) is 0.682. The van der Waals surface area contributed by atoms with Crippen molar-refractivity contribution in [2.75, 3.05) is 39.8 Å². The minimum Gasteiger partial charge on any atom is -0.496 e. The summed E-state index contributed by atoms with van der Waals surface area (Å²) in [6.07, 6.45) is 2.21. The van der Waals surface area contributed by atoms with E-state index in [1.165, 1.54) is 11.1 Å². The predicted molar refractivity (Wildman–Crippen MR) is 111 cm³/mol. The number of methoxy groups -OCH3 is 1. The quantitative estimate of drug-likeness (QED) is 0.720. The van der Waals surface area contributed by atoms with Gasteiger partial charge >= 0.3 is 0 Å². The van der Waals surface area contributed by atoms with Crippen molar-refractivity contribution < 1.29 is 9.53 Å². The van der Waals surface area contributed by atoms with Gasteiger partial charge in [0.25, 0.3) is 0 Å². The van der Waals surface area contributed by atoms with Gasteiger partial charge in [-0.05, 0) is 38.7 Å². The van der Waals surface area contributed by atoms with Gasteiger partial charge in [0, 0.05) is 44.3 Å². The van der Waals surface area contributed by atoms with Crippen molar-refractivity contribution in [1.82, 2.24) is 15.1 Å². The fourth-order valence-corrected chi connectivity index (χ4v) is 3.56. The number of carbonyl (C=O) groups is 1. The Labute approximate surface area is 165 Å². The van der Waals surface area contributed by atoms with Crippen LogP contribution >= 0.6 is 0 Å². The van der Waals surface area contributed by atoms with E-state index in [0.717, 1.165) is 51.3 Å². The van der Waals surface area contributed by atoms with Crippen LogP contribution in [-0.2, 0) is 11.3 Å². The summed E-state index contributed by atoms with van der Waals surface area (Å²) in [6.45, 7) is 13.9. The van der Waals surface area contributed by atoms with Gasteiger partial charge in [-0.1, -0.05) is 31.5 Å². The Morgan fingerprint density at radius 2 is 1.78 bits per heavy atom. The highest BCUT2D eigenvalue weighted by molar-refractivity contribution is 5.78. The molecule has 0 aromatic heterocycles. The van der Waals surface area contributed by atoms with Crippen molar-refractivity contribution in [3.63, 3.8) is 0 Å². The number of ether oxygens (including phenoxy) is 1. The maximum Gasteiger partial charge on any atom is 0.234 e. The topological polar surface area (TPSA) is 44.8 Å². The molecule has 1 saturated heterocycles. The van der Waals surface area contributed by atoms with Crippen LogP contribution in [0.2, 0.25) is 0 Å². The molecule has 1 aromatic carbocycles. The van der Waals surface area contributed by atoms with Gasteiger partial charge in [-0.25, -0.2) is 0 Å². The maximum atomic E-state index is 12.3. The van der Waals surface area contributed by atoms with Gasteiger partial charge in [-0.2, -0.15) is 0 Å². The third kappa shape index (κ3) is 7.51. The summed E-state index contributed by atoms with van der Waals surface area (Å²) >= 11 is 0. The smallest absolute Gasteiger partial charge is 0.234 e. The average Bonchev–Trinajstić information content (AvgIpc) is 2.62. The molecule has 1 fully saturated rings. The van der Waals surface area contributed by atoms with Gasteiger partial charge in [0.15, 0.2) is 0 Å². The summed E-state index contributed by atoms with van der Waals surface area (Å²) in [5.41, 5.74) is 2.50. The Balaban J connectivity index is 1.74. The number of nitrogens with zero attached hydrogens (tertiary/aromatic N) is 2. The summed E-state index contributed by atoms with van der Waals surface area (Å²) in [5, 5.41) is 3.14. The van der Waals surface area contributed by atoms with Crippen LogP contribution in [0.4, 0.5) is 0 Å². The van der Waals surface area contributed by atoms with Crippen LogP contribution in [0.3, 0.4) is 0 Å². The number of piperazine rings is 1. The normalized spacial score (nSPS) is 17.1. The van der Waals surface area contributed by atoms with Gasteiger partial charge in [-0.3, -0.25) is 14.6 Å². The van der Waals surface area contributed by atoms with Crippen LogP contribution in [0.15, 0.2) is 18.2 Å². The Bertz CT molecular complexity index is 595. The number of aryl methyl sites for hydroxylation is 1. The molecule has 1 aromatic rings. The summed E-state index contributed by atoms with van der Waals surface area (Å²) < 4.78 is 5.50. The van der Waals surface area contributed by atoms with Gasteiger partial charge in [0.05, 0.1) is 13.7 Å². The highest BCUT2D eigenvalue weighted by Gasteiger charge is 2.20. The van der Waals surface area contributed by atoms with Crippen LogP contribution in [0, 0.1) is 12.8 Å². The second kappa shape index (κ2) is 10.7. The molecule has 1 aliphatic rings. The van der Waals surface area contributed by atoms with Crippen LogP contribution in [-0.4, -0.2) is 61.6 Å². The summed E-state index contributed by atoms with van der Waals surface area (Å²) in [7, 11) is 1.73. The van der Waals surface area contributed by atoms with E-state index < -0.39 is 0 Å². The minimum atomic E-state index is 0.153. The van der Waals surface area contributed by atoms with Crippen LogP contribution < -0.4 is 10.1 Å². The first-order chi connectivity index (χ1) is 12.9. The predicted octanol–water partition coefficient (Wildman–Crippen LogP) is 3.06. The van der Waals surface area contributed by atoms with Gasteiger partial charge in [-0.15, -0.1) is 0 Å². The highest BCUT2D eigenvalue weighted by Crippen LogP contribution is 2.22. The molecular weight excluding hydrogens is 338 g/mol. The van der Waals surface area contributed by atoms with Gasteiger partial charge < -0.3 is 10.1 Å². The van der Waals surface area contributed by atoms with E-state index in [0.29, 0.717) is 12.5 Å². The maximum absolute atomic E-state index is 12.3. The Morgan fingerprint density at radius 3 is 2.41 bits per heavy atom. The molecule has 0 aliphatic carbocycles. The zero-order chi connectivity index (χ0) is 19.8. The number of hydrogen-bond acceptors (Lipinski definition) is 4. The lowest BCUT2D eigenvalue weighted by atomic mass is 10.0. The lowest BCUT2D eigenvalue weighted by molar-refractivity contribution is -0.123. The number of carbonyl (C=O) groups excluding carboxylic acids is 1. The molecule has 0 unspecified atom stereocenters. The molecule has 0 saturated carbocycles. The largest absolute Gasteiger partial charge is 0.496 e. The number of benzene rings is 1. The van der Waals surface area contributed by atoms with E-state index in [4.69, 9.17) is 4.74 Å². The Hall–Kier alpha value is -1.59. The summed E-state index contributed by atoms with van der Waals surface area (Å²) in [6, 6.07) is 6.60. The van der Waals surface area contributed by atoms with Crippen molar-refractivity contribution in [2.45, 2.75) is 53.1 Å². The van der Waals surface area contributed by atoms with E-state index in [9.17, 15) is 4.79 Å². The van der Waals surface area contributed by atoms with Crippen LogP contribution in [0.5, 0.6) is 5.75 Å². The van der Waals surface area contributed by atoms with Crippen molar-refractivity contribution in [1.29, 1.82) is 0 Å². The lowest BCUT2D eigenvalue weighted by Gasteiger charge is -2.34. The molecule has 27 heavy (non-hydrogen) atoms. The zero-order valence-corrected chi connectivity index (χ0v) is 17.8. The van der Waals surface area contributed by atoms with E-state index in [2.05, 4.69) is 54.9 Å². The minimum absolute atomic E-state index is 0.153. The van der Waals surface area contributed by atoms with Crippen molar-refractivity contribution >= 4 is 5.91 Å². The van der Waals surface area contributed by atoms with E-state index in [1.807, 2.05) is 6.07 Å². The molecule has 0 bridgehead atoms. The Morgan fingerprint density at radius 1 is 1.11 bits per heavy atom. The van der Waals surface area contributed by atoms with Gasteiger partial charge in [0.2, 0.25) is 5.91 Å². The molecule has 1 heterocycles. The standard InChI is InChI=1S/C22H37N3O2/c1-17(2)6-8-19(4)23-22(26)16-25-12-10-24(11-13-25)15-20-14-18(3)7-9-21(20)27-5/h7,9,14,17,19H,6,8,10-13,15-16H2,1-5H3,(H,23,26)/t19-/m1/s1. The highest BCUT2D eigenvalue weighted by atomic mass is 16.5. The molecule has 2 rings (SSSR count). The average molecular weight is 376 g/mol. The van der Waals surface area contributed by atoms with Gasteiger partial charge in [0.1, 0.15) is 5.75 Å². The third-order valence-corrected chi connectivity index (χ3v) is 5.25. The second-order valence-corrected chi connectivity index (χ2v) is 8.31. The lowest BCUT2D eigenvalue weighted by Crippen LogP contribution is -2.50. The summed E-state index contributed by atoms with van der Waals surface area (Å²) in [4.78, 5) is 17.0. The number of nitrogens with one attached hydrogen (secondary N) is 1. The zero-order valence-electron chi connectivity index (χ0n) is 17.8. The molecular formula is C22H37N3O2. The molecule has 5 heteroatoms. The second-order valence-electron chi connectivity index (χ2n) is 8.31. The van der Waals surface area contributed by atoms with Crippen LogP contribution in [0.1, 0.15) is 44.7 Å². The number of rotatable bonds is 9. The fourth-order valence-electron chi connectivity index (χ4n) is 3.56. The first kappa shape index (κ1) is 21.7. The molecule has 1 amide bonds. The molecule has 0 spiro atoms. The molecule has 1 aliphatic heterocycles. The van der Waals surface area contributed by atoms with Crippen molar-refractivity contribution in [2.24, 2.45) is 5.92 Å². The van der Waals surface area contributed by atoms with E-state index in [-0.39, 0.29) is 11.9 Å². The molecule has 5 nitrogen and oxygen atoms in total. The molecule has 1 N–H and O–H groups in total. The molecule has 0 radical (unpaired) electrons. The van der Waals surface area contributed by atoms with Crippen molar-refractivity contribution in [3.05, 3.63) is 29.3 Å². The third-order valence-electron chi connectivity index (χ3n) is 5.25. The monoisotopic (exact) mass is 375 g/mol. The number of hydrogen-bond donors (Lipinski definition) is 1. The molecule has 1 atom stereocenters. The van der Waals surface area contributed by atoms with E-state index >= 15 is 0 Å². The van der Waals surface area contributed by atoms with Crippen LogP contribution in [0.25, 0.3) is 0 Å².